The van der Waals surface area contributed by atoms with Crippen LogP contribution in [0.5, 0.6) is 0 Å². The highest BCUT2D eigenvalue weighted by atomic mass is 16.3. The van der Waals surface area contributed by atoms with Crippen LogP contribution in [-0.4, -0.2) is 0 Å². The number of allylic oxidation sites excluding steroid dienone is 4. The highest BCUT2D eigenvalue weighted by Crippen LogP contribution is 2.59. The topological polar surface area (TPSA) is 16.4 Å². The SMILES string of the molecule is CC(C)(C)c1ccc(-c2ccc(N(C3=CC4=C(CC3)C(c3ccccc3)(c3ccccc3)c3ccccc34)c3ccc4ccccc4c3-c3c#ccc4oc5ccccc5c34)c(-c3ccccc3)c2)cc1. The first-order valence-corrected chi connectivity index (χ1v) is 24.9. The number of nitrogens with zero attached hydrogens (tertiary/aromatic N) is 1. The Bertz CT molecular complexity index is 3850. The van der Waals surface area contributed by atoms with Crippen molar-refractivity contribution in [3.63, 3.8) is 0 Å². The molecule has 2 heteroatoms. The number of furan rings is 1. The van der Waals surface area contributed by atoms with Gasteiger partial charge in [0.05, 0.1) is 16.8 Å². The average molecular weight is 910 g/mol. The highest BCUT2D eigenvalue weighted by molar-refractivity contribution is 6.17. The number of hydrogen-bond donors (Lipinski definition) is 0. The molecule has 0 unspecified atom stereocenters. The maximum absolute atomic E-state index is 6.58. The Kier molecular flexibility index (Phi) is 10.0. The third kappa shape index (κ3) is 6.87. The normalized spacial score (nSPS) is 14.0. The lowest BCUT2D eigenvalue weighted by Gasteiger charge is -2.38. The molecule has 0 atom stereocenters. The van der Waals surface area contributed by atoms with Crippen LogP contribution in [0, 0.1) is 12.1 Å². The van der Waals surface area contributed by atoms with Gasteiger partial charge in [-0.2, -0.15) is 0 Å². The Morgan fingerprint density at radius 3 is 1.90 bits per heavy atom. The molecule has 0 saturated carbocycles. The molecule has 0 bridgehead atoms. The van der Waals surface area contributed by atoms with Gasteiger partial charge in [-0.3, -0.25) is 0 Å². The molecule has 0 N–H and O–H groups in total. The van der Waals surface area contributed by atoms with E-state index in [1.807, 2.05) is 12.1 Å². The van der Waals surface area contributed by atoms with E-state index in [9.17, 15) is 0 Å². The van der Waals surface area contributed by atoms with Gasteiger partial charge in [0.15, 0.2) is 0 Å². The number of hydrogen-bond acceptors (Lipinski definition) is 2. The fourth-order valence-electron chi connectivity index (χ4n) is 11.8. The molecule has 0 amide bonds. The molecule has 11 aromatic rings. The molecular weight excluding hydrogens is 859 g/mol. The maximum Gasteiger partial charge on any atom is 0.145 e. The second-order valence-electron chi connectivity index (χ2n) is 20.1. The minimum atomic E-state index is -0.447. The summed E-state index contributed by atoms with van der Waals surface area (Å²) in [5.41, 5.74) is 20.6. The number of anilines is 2. The van der Waals surface area contributed by atoms with E-state index in [0.717, 1.165) is 79.2 Å². The van der Waals surface area contributed by atoms with Crippen molar-refractivity contribution < 1.29 is 4.42 Å². The Labute approximate surface area is 416 Å². The minimum Gasteiger partial charge on any atom is -0.455 e. The van der Waals surface area contributed by atoms with Crippen LogP contribution in [0.2, 0.25) is 0 Å². The quantitative estimate of drug-likeness (QED) is 0.151. The molecule has 0 radical (unpaired) electrons. The number of rotatable bonds is 8. The first kappa shape index (κ1) is 42.5. The molecule has 13 rings (SSSR count). The van der Waals surface area contributed by atoms with Crippen LogP contribution in [-0.2, 0) is 10.8 Å². The number of benzene rings is 9. The number of para-hydroxylation sites is 1. The minimum absolute atomic E-state index is 0.0582. The average Bonchev–Trinajstić information content (AvgIpc) is 3.96. The standard InChI is InChI=1S/C69H51NO/c1-68(2,3)50-38-34-46(35-39-50)49-37-42-62(58(44-49)47-20-7-4-8-21-47)70(63-43-36-48-22-13-14-27-54(48)66(63)57-30-19-33-65-67(57)56-29-16-18-32-64(56)71-65)53-40-41-61-59(45-53)55-28-15-17-31-60(55)69(61,51-23-9-5-10-24-51)52-25-11-6-12-26-52/h4-18,20-29,31-39,42-45H,40-41H2,1-3H3. The molecule has 2 aliphatic rings. The largest absolute Gasteiger partial charge is 0.455 e. The van der Waals surface area contributed by atoms with Crippen LogP contribution in [0.1, 0.15) is 61.4 Å². The molecule has 2 aliphatic carbocycles. The Morgan fingerprint density at radius 2 is 1.15 bits per heavy atom. The second-order valence-corrected chi connectivity index (χ2v) is 20.1. The second kappa shape index (κ2) is 16.8. The van der Waals surface area contributed by atoms with Gasteiger partial charge in [0.25, 0.3) is 0 Å². The van der Waals surface area contributed by atoms with Gasteiger partial charge in [-0.25, -0.2) is 0 Å². The van der Waals surface area contributed by atoms with Crippen molar-refractivity contribution in [2.45, 2.75) is 44.4 Å². The van der Waals surface area contributed by atoms with E-state index in [2.05, 4.69) is 256 Å². The summed E-state index contributed by atoms with van der Waals surface area (Å²) in [5, 5.41) is 4.40. The van der Waals surface area contributed by atoms with Crippen molar-refractivity contribution in [3.8, 4) is 33.4 Å². The monoisotopic (exact) mass is 909 g/mol. The Hall–Kier alpha value is -8.64. The fourth-order valence-corrected chi connectivity index (χ4v) is 11.8. The smallest absolute Gasteiger partial charge is 0.145 e. The molecule has 0 spiro atoms. The van der Waals surface area contributed by atoms with Crippen LogP contribution in [0.4, 0.5) is 11.4 Å². The van der Waals surface area contributed by atoms with Gasteiger partial charge in [0.2, 0.25) is 0 Å². The zero-order valence-corrected chi connectivity index (χ0v) is 40.2. The van der Waals surface area contributed by atoms with Crippen LogP contribution in [0.25, 0.3) is 71.7 Å². The van der Waals surface area contributed by atoms with Crippen LogP contribution >= 0.6 is 0 Å². The van der Waals surface area contributed by atoms with E-state index in [1.165, 1.54) is 55.8 Å². The summed E-state index contributed by atoms with van der Waals surface area (Å²) >= 11 is 0. The molecule has 1 aromatic heterocycles. The summed E-state index contributed by atoms with van der Waals surface area (Å²) in [4.78, 5) is 2.59. The molecule has 1 heterocycles. The van der Waals surface area contributed by atoms with Gasteiger partial charge in [0.1, 0.15) is 11.2 Å². The summed E-state index contributed by atoms with van der Waals surface area (Å²) in [6.45, 7) is 6.83. The van der Waals surface area contributed by atoms with E-state index in [4.69, 9.17) is 4.42 Å². The van der Waals surface area contributed by atoms with Crippen molar-refractivity contribution in [3.05, 3.63) is 282 Å². The number of fused-ring (bicyclic) bond motifs is 6. The lowest BCUT2D eigenvalue weighted by Crippen LogP contribution is -2.31. The summed E-state index contributed by atoms with van der Waals surface area (Å²) in [6.07, 6.45) is 4.20. The molecule has 0 fully saturated rings. The zero-order chi connectivity index (χ0) is 47.7. The van der Waals surface area contributed by atoms with Crippen molar-refractivity contribution in [1.82, 2.24) is 0 Å². The van der Waals surface area contributed by atoms with Gasteiger partial charge in [-0.05, 0) is 115 Å². The zero-order valence-electron chi connectivity index (χ0n) is 40.2. The highest BCUT2D eigenvalue weighted by Gasteiger charge is 2.48. The molecule has 0 saturated heterocycles. The van der Waals surface area contributed by atoms with Crippen molar-refractivity contribution >= 4 is 49.7 Å². The van der Waals surface area contributed by atoms with Gasteiger partial charge >= 0.3 is 0 Å². The predicted molar refractivity (Wildman–Crippen MR) is 296 cm³/mol. The molecule has 71 heavy (non-hydrogen) atoms. The van der Waals surface area contributed by atoms with Gasteiger partial charge in [-0.15, -0.1) is 0 Å². The van der Waals surface area contributed by atoms with E-state index < -0.39 is 5.41 Å². The molecule has 338 valence electrons. The first-order chi connectivity index (χ1) is 34.9. The Morgan fingerprint density at radius 1 is 0.521 bits per heavy atom. The lowest BCUT2D eigenvalue weighted by atomic mass is 9.65. The van der Waals surface area contributed by atoms with Gasteiger partial charge in [-0.1, -0.05) is 227 Å². The first-order valence-electron chi connectivity index (χ1n) is 24.9. The van der Waals surface area contributed by atoms with Gasteiger partial charge in [0, 0.05) is 39.2 Å². The lowest BCUT2D eigenvalue weighted by molar-refractivity contribution is 0.590. The van der Waals surface area contributed by atoms with Crippen molar-refractivity contribution in [1.29, 1.82) is 0 Å². The maximum atomic E-state index is 6.58. The molecule has 10 aromatic carbocycles. The summed E-state index contributed by atoms with van der Waals surface area (Å²) in [6, 6.07) is 89.5. The van der Waals surface area contributed by atoms with Gasteiger partial charge < -0.3 is 9.32 Å². The van der Waals surface area contributed by atoms with Crippen molar-refractivity contribution in [2.24, 2.45) is 0 Å². The van der Waals surface area contributed by atoms with Crippen LogP contribution in [0.15, 0.2) is 246 Å². The van der Waals surface area contributed by atoms with Crippen molar-refractivity contribution in [2.75, 3.05) is 4.90 Å². The summed E-state index contributed by atoms with van der Waals surface area (Å²) in [7, 11) is 0. The van der Waals surface area contributed by atoms with E-state index in [1.54, 1.807) is 0 Å². The molecule has 0 aliphatic heterocycles. The third-order valence-electron chi connectivity index (χ3n) is 15.1. The fraction of sp³-hybridized carbons (Fsp3) is 0.101. The van der Waals surface area contributed by atoms with Crippen LogP contribution < -0.4 is 4.90 Å². The predicted octanol–water partition coefficient (Wildman–Crippen LogP) is 18.3. The summed E-state index contributed by atoms with van der Waals surface area (Å²) < 4.78 is 6.58. The van der Waals surface area contributed by atoms with Crippen LogP contribution in [0.3, 0.4) is 0 Å². The van der Waals surface area contributed by atoms with E-state index in [-0.39, 0.29) is 5.41 Å². The Balaban J connectivity index is 1.12. The van der Waals surface area contributed by atoms with E-state index >= 15 is 0 Å². The third-order valence-corrected chi connectivity index (χ3v) is 15.1. The summed E-state index contributed by atoms with van der Waals surface area (Å²) in [5.74, 6) is 0. The molecule has 2 nitrogen and oxygen atoms in total. The van der Waals surface area contributed by atoms with E-state index in [0.29, 0.717) is 0 Å². The molecular formula is C69H51NO.